The van der Waals surface area contributed by atoms with Gasteiger partial charge in [-0.1, -0.05) is 6.92 Å². The largest absolute Gasteiger partial charge is 0.379 e. The summed E-state index contributed by atoms with van der Waals surface area (Å²) in [5.74, 6) is 0.375. The molecule has 2 aliphatic heterocycles. The smallest absolute Gasteiger partial charge is 0.0678 e. The maximum absolute atomic E-state index is 6.83. The molecule has 0 aromatic heterocycles. The van der Waals surface area contributed by atoms with Crippen molar-refractivity contribution in [2.24, 2.45) is 11.7 Å². The number of hydrogen-bond donors (Lipinski definition) is 1. The Labute approximate surface area is 130 Å². The van der Waals surface area contributed by atoms with Gasteiger partial charge in [-0.15, -0.1) is 0 Å². The molecule has 3 unspecified atom stereocenters. The number of rotatable bonds is 4. The number of nitrogens with zero attached hydrogens (tertiary/aromatic N) is 1. The molecule has 2 fully saturated rings. The molecule has 124 valence electrons. The number of hydrogen-bond acceptors (Lipinski definition) is 4. The highest BCUT2D eigenvalue weighted by Gasteiger charge is 2.53. The summed E-state index contributed by atoms with van der Waals surface area (Å²) in [6.45, 7) is 16.9. The van der Waals surface area contributed by atoms with Gasteiger partial charge in [-0.2, -0.15) is 0 Å². The van der Waals surface area contributed by atoms with E-state index in [9.17, 15) is 0 Å². The zero-order valence-corrected chi connectivity index (χ0v) is 14.7. The molecule has 2 heterocycles. The Balaban J connectivity index is 2.21. The highest BCUT2D eigenvalue weighted by Crippen LogP contribution is 2.46. The van der Waals surface area contributed by atoms with E-state index in [1.54, 1.807) is 0 Å². The average molecular weight is 298 g/mol. The topological polar surface area (TPSA) is 47.7 Å². The third-order valence-corrected chi connectivity index (χ3v) is 5.74. The van der Waals surface area contributed by atoms with Crippen molar-refractivity contribution in [3.8, 4) is 0 Å². The molecule has 0 spiro atoms. The number of morpholine rings is 1. The van der Waals surface area contributed by atoms with E-state index in [-0.39, 0.29) is 22.8 Å². The van der Waals surface area contributed by atoms with Gasteiger partial charge in [0.05, 0.1) is 24.4 Å². The molecule has 0 aliphatic carbocycles. The van der Waals surface area contributed by atoms with Crippen LogP contribution in [0, 0.1) is 5.92 Å². The van der Waals surface area contributed by atoms with E-state index in [0.717, 1.165) is 39.1 Å². The summed E-state index contributed by atoms with van der Waals surface area (Å²) in [6.07, 6.45) is 2.09. The number of nitrogens with two attached hydrogens (primary N) is 1. The third-order valence-electron chi connectivity index (χ3n) is 5.74. The van der Waals surface area contributed by atoms with Gasteiger partial charge >= 0.3 is 0 Å². The van der Waals surface area contributed by atoms with Gasteiger partial charge in [0.15, 0.2) is 0 Å². The molecule has 0 aromatic rings. The van der Waals surface area contributed by atoms with Crippen molar-refractivity contribution in [3.05, 3.63) is 0 Å². The minimum Gasteiger partial charge on any atom is -0.379 e. The first-order valence-electron chi connectivity index (χ1n) is 8.41. The molecule has 0 saturated carbocycles. The van der Waals surface area contributed by atoms with Gasteiger partial charge in [-0.05, 0) is 47.5 Å². The van der Waals surface area contributed by atoms with Crippen molar-refractivity contribution in [2.45, 2.75) is 77.2 Å². The minimum absolute atomic E-state index is 0.00942. The first-order chi connectivity index (χ1) is 9.62. The lowest BCUT2D eigenvalue weighted by molar-refractivity contribution is -0.0881. The summed E-state index contributed by atoms with van der Waals surface area (Å²) in [5.41, 5.74) is 6.60. The van der Waals surface area contributed by atoms with E-state index in [1.165, 1.54) is 0 Å². The van der Waals surface area contributed by atoms with Crippen LogP contribution in [0.25, 0.3) is 0 Å². The molecular weight excluding hydrogens is 264 g/mol. The van der Waals surface area contributed by atoms with E-state index in [4.69, 9.17) is 15.2 Å². The summed E-state index contributed by atoms with van der Waals surface area (Å²) in [6, 6.07) is 0.109. The summed E-state index contributed by atoms with van der Waals surface area (Å²) >= 11 is 0. The lowest BCUT2D eigenvalue weighted by Gasteiger charge is -2.50. The van der Waals surface area contributed by atoms with Gasteiger partial charge < -0.3 is 15.2 Å². The lowest BCUT2D eigenvalue weighted by Crippen LogP contribution is -2.64. The van der Waals surface area contributed by atoms with Crippen LogP contribution in [0.4, 0.5) is 0 Å². The Morgan fingerprint density at radius 1 is 1.24 bits per heavy atom. The SMILES string of the molecule is CCC(C)(C(N)C1CC(C)(C)OC1(C)C)N1CCOCC1. The highest BCUT2D eigenvalue weighted by atomic mass is 16.5. The Kier molecular flexibility index (Phi) is 4.75. The van der Waals surface area contributed by atoms with E-state index >= 15 is 0 Å². The Morgan fingerprint density at radius 2 is 1.81 bits per heavy atom. The van der Waals surface area contributed by atoms with Gasteiger partial charge in [-0.25, -0.2) is 0 Å². The molecular formula is C17H34N2O2. The standard InChI is InChI=1S/C17H34N2O2/c1-7-17(6,19-8-10-20-11-9-19)14(18)13-12-15(2,3)21-16(13,4)5/h13-14H,7-12,18H2,1-6H3. The van der Waals surface area contributed by atoms with Crippen LogP contribution in [0.2, 0.25) is 0 Å². The van der Waals surface area contributed by atoms with Crippen LogP contribution in [-0.4, -0.2) is 54.0 Å². The molecule has 0 radical (unpaired) electrons. The first kappa shape index (κ1) is 17.2. The van der Waals surface area contributed by atoms with Crippen LogP contribution in [0.1, 0.15) is 54.4 Å². The van der Waals surface area contributed by atoms with E-state index in [1.807, 2.05) is 0 Å². The van der Waals surface area contributed by atoms with Crippen molar-refractivity contribution in [3.63, 3.8) is 0 Å². The summed E-state index contributed by atoms with van der Waals surface area (Å²) in [5, 5.41) is 0. The van der Waals surface area contributed by atoms with Crippen molar-refractivity contribution in [2.75, 3.05) is 26.3 Å². The van der Waals surface area contributed by atoms with Crippen molar-refractivity contribution in [1.29, 1.82) is 0 Å². The van der Waals surface area contributed by atoms with Gasteiger partial charge in [0.2, 0.25) is 0 Å². The van der Waals surface area contributed by atoms with Crippen molar-refractivity contribution < 1.29 is 9.47 Å². The Morgan fingerprint density at radius 3 is 2.24 bits per heavy atom. The quantitative estimate of drug-likeness (QED) is 0.866. The molecule has 2 aliphatic rings. The summed E-state index contributed by atoms with van der Waals surface area (Å²) in [4.78, 5) is 2.53. The van der Waals surface area contributed by atoms with E-state index in [0.29, 0.717) is 5.92 Å². The molecule has 2 rings (SSSR count). The predicted octanol–water partition coefficient (Wildman–Crippen LogP) is 2.41. The number of ether oxygens (including phenoxy) is 2. The molecule has 4 nitrogen and oxygen atoms in total. The van der Waals surface area contributed by atoms with Gasteiger partial charge in [-0.3, -0.25) is 4.90 Å². The van der Waals surface area contributed by atoms with Gasteiger partial charge in [0, 0.05) is 30.6 Å². The molecule has 0 amide bonds. The van der Waals surface area contributed by atoms with Crippen LogP contribution in [0.5, 0.6) is 0 Å². The van der Waals surface area contributed by atoms with Crippen LogP contribution in [0.15, 0.2) is 0 Å². The fraction of sp³-hybridized carbons (Fsp3) is 1.00. The van der Waals surface area contributed by atoms with Crippen molar-refractivity contribution in [1.82, 2.24) is 4.90 Å². The lowest BCUT2D eigenvalue weighted by atomic mass is 9.72. The zero-order chi connectivity index (χ0) is 15.9. The predicted molar refractivity (Wildman–Crippen MR) is 86.4 cm³/mol. The van der Waals surface area contributed by atoms with Crippen LogP contribution in [-0.2, 0) is 9.47 Å². The highest BCUT2D eigenvalue weighted by molar-refractivity contribution is 5.07. The summed E-state index contributed by atoms with van der Waals surface area (Å²) in [7, 11) is 0. The maximum atomic E-state index is 6.83. The summed E-state index contributed by atoms with van der Waals surface area (Å²) < 4.78 is 11.8. The third kappa shape index (κ3) is 3.29. The van der Waals surface area contributed by atoms with E-state index in [2.05, 4.69) is 46.4 Å². The second kappa shape index (κ2) is 5.80. The fourth-order valence-electron chi connectivity index (χ4n) is 4.34. The van der Waals surface area contributed by atoms with Crippen LogP contribution < -0.4 is 5.73 Å². The molecule has 21 heavy (non-hydrogen) atoms. The van der Waals surface area contributed by atoms with Crippen molar-refractivity contribution >= 4 is 0 Å². The first-order valence-corrected chi connectivity index (χ1v) is 8.41. The normalized spacial score (nSPS) is 33.6. The molecule has 4 heteroatoms. The van der Waals surface area contributed by atoms with E-state index < -0.39 is 0 Å². The molecule has 3 atom stereocenters. The molecule has 0 bridgehead atoms. The van der Waals surface area contributed by atoms with Crippen LogP contribution >= 0.6 is 0 Å². The van der Waals surface area contributed by atoms with Crippen LogP contribution in [0.3, 0.4) is 0 Å². The van der Waals surface area contributed by atoms with Gasteiger partial charge in [0.1, 0.15) is 0 Å². The second-order valence-corrected chi connectivity index (χ2v) is 8.11. The minimum atomic E-state index is -0.161. The average Bonchev–Trinajstić information content (AvgIpc) is 2.65. The molecule has 0 aromatic carbocycles. The molecule has 2 N–H and O–H groups in total. The Bertz CT molecular complexity index is 364. The Hall–Kier alpha value is -0.160. The maximum Gasteiger partial charge on any atom is 0.0678 e. The fourth-order valence-corrected chi connectivity index (χ4v) is 4.34. The molecule has 2 saturated heterocycles. The monoisotopic (exact) mass is 298 g/mol. The second-order valence-electron chi connectivity index (χ2n) is 8.11. The van der Waals surface area contributed by atoms with Gasteiger partial charge in [0.25, 0.3) is 0 Å². The zero-order valence-electron chi connectivity index (χ0n) is 14.7.